The highest BCUT2D eigenvalue weighted by Gasteiger charge is 2.37. The molecule has 27 heavy (non-hydrogen) atoms. The van der Waals surface area contributed by atoms with E-state index in [9.17, 15) is 13.6 Å². The van der Waals surface area contributed by atoms with E-state index in [2.05, 4.69) is 15.1 Å². The van der Waals surface area contributed by atoms with E-state index < -0.39 is 5.92 Å². The van der Waals surface area contributed by atoms with Crippen LogP contribution in [0, 0.1) is 5.92 Å². The minimum Gasteiger partial charge on any atom is -0.299 e. The first-order chi connectivity index (χ1) is 12.9. The summed E-state index contributed by atoms with van der Waals surface area (Å²) in [6.07, 6.45) is 7.39. The molecule has 1 aliphatic rings. The molecular weight excluding hydrogens is 350 g/mol. The van der Waals surface area contributed by atoms with Crippen LogP contribution < -0.4 is 0 Å². The van der Waals surface area contributed by atoms with Crippen LogP contribution in [-0.4, -0.2) is 31.5 Å². The van der Waals surface area contributed by atoms with Crippen molar-refractivity contribution < 1.29 is 13.6 Å². The van der Waals surface area contributed by atoms with Gasteiger partial charge in [0, 0.05) is 66.8 Å². The number of alkyl halides is 2. The third-order valence-corrected chi connectivity index (χ3v) is 5.19. The summed E-state index contributed by atoms with van der Waals surface area (Å²) in [5.41, 5.74) is 3.30. The third kappa shape index (κ3) is 3.86. The lowest BCUT2D eigenvalue weighted by atomic mass is 9.83. The second kappa shape index (κ2) is 6.79. The van der Waals surface area contributed by atoms with Crippen molar-refractivity contribution in [2.24, 2.45) is 13.0 Å². The summed E-state index contributed by atoms with van der Waals surface area (Å²) in [7, 11) is 1.85. The van der Waals surface area contributed by atoms with Gasteiger partial charge >= 0.3 is 0 Å². The van der Waals surface area contributed by atoms with Crippen molar-refractivity contribution in [2.45, 2.75) is 38.0 Å². The average Bonchev–Trinajstić information content (AvgIpc) is 3.07. The molecule has 1 fully saturated rings. The fraction of sp³-hybridized carbons (Fsp3) is 0.400. The van der Waals surface area contributed by atoms with Gasteiger partial charge in [0.05, 0.1) is 17.9 Å². The molecule has 140 valence electrons. The number of aryl methyl sites for hydroxylation is 1. The van der Waals surface area contributed by atoms with E-state index in [1.54, 1.807) is 23.3 Å². The van der Waals surface area contributed by atoms with Gasteiger partial charge < -0.3 is 0 Å². The van der Waals surface area contributed by atoms with Gasteiger partial charge in [-0.3, -0.25) is 19.4 Å². The lowest BCUT2D eigenvalue weighted by Crippen LogP contribution is -2.29. The van der Waals surface area contributed by atoms with E-state index in [0.29, 0.717) is 5.69 Å². The monoisotopic (exact) mass is 370 g/mol. The van der Waals surface area contributed by atoms with Crippen molar-refractivity contribution in [3.05, 3.63) is 42.6 Å². The molecule has 0 saturated heterocycles. The fourth-order valence-corrected chi connectivity index (χ4v) is 3.59. The Balaban J connectivity index is 1.53. The van der Waals surface area contributed by atoms with Crippen LogP contribution in [0.5, 0.6) is 0 Å². The molecule has 3 aromatic heterocycles. The molecule has 3 heterocycles. The molecule has 5 nitrogen and oxygen atoms in total. The number of rotatable bonds is 4. The van der Waals surface area contributed by atoms with E-state index in [-0.39, 0.29) is 43.8 Å². The van der Waals surface area contributed by atoms with E-state index in [0.717, 1.165) is 22.0 Å². The van der Waals surface area contributed by atoms with E-state index in [1.807, 2.05) is 25.4 Å². The molecule has 0 unspecified atom stereocenters. The molecule has 0 amide bonds. The summed E-state index contributed by atoms with van der Waals surface area (Å²) in [4.78, 5) is 21.2. The highest BCUT2D eigenvalue weighted by atomic mass is 19.3. The van der Waals surface area contributed by atoms with Crippen LogP contribution in [0.1, 0.15) is 31.4 Å². The van der Waals surface area contributed by atoms with Crippen molar-refractivity contribution in [1.82, 2.24) is 19.7 Å². The maximum atomic E-state index is 13.3. The first kappa shape index (κ1) is 17.7. The lowest BCUT2D eigenvalue weighted by Gasteiger charge is -2.27. The van der Waals surface area contributed by atoms with Crippen LogP contribution in [0.25, 0.3) is 22.0 Å². The zero-order chi connectivity index (χ0) is 19.0. The summed E-state index contributed by atoms with van der Waals surface area (Å²) in [6, 6.07) is 3.85. The summed E-state index contributed by atoms with van der Waals surface area (Å²) >= 11 is 0. The maximum Gasteiger partial charge on any atom is 0.248 e. The topological polar surface area (TPSA) is 60.7 Å². The van der Waals surface area contributed by atoms with Crippen molar-refractivity contribution in [2.75, 3.05) is 0 Å². The minimum absolute atomic E-state index is 0.00581. The SMILES string of the molecule is Cn1cc(-c2cnc3cnc(CC(=O)C4CCC(F)(F)CC4)cc3c2)cn1. The molecule has 4 rings (SSSR count). The molecular formula is C20H20F2N4O. The quantitative estimate of drug-likeness (QED) is 0.697. The van der Waals surface area contributed by atoms with Crippen LogP contribution in [0.15, 0.2) is 36.9 Å². The number of nitrogens with zero attached hydrogens (tertiary/aromatic N) is 4. The number of hydrogen-bond acceptors (Lipinski definition) is 4. The van der Waals surface area contributed by atoms with Gasteiger partial charge in [0.2, 0.25) is 5.92 Å². The molecule has 3 aromatic rings. The summed E-state index contributed by atoms with van der Waals surface area (Å²) in [5.74, 6) is -2.91. The zero-order valence-corrected chi connectivity index (χ0v) is 15.0. The van der Waals surface area contributed by atoms with Gasteiger partial charge in [-0.2, -0.15) is 5.10 Å². The van der Waals surface area contributed by atoms with Crippen molar-refractivity contribution in [1.29, 1.82) is 0 Å². The average molecular weight is 370 g/mol. The van der Waals surface area contributed by atoms with Crippen LogP contribution in [0.3, 0.4) is 0 Å². The molecule has 0 aromatic carbocycles. The highest BCUT2D eigenvalue weighted by molar-refractivity contribution is 5.86. The van der Waals surface area contributed by atoms with Gasteiger partial charge in [-0.05, 0) is 25.0 Å². The Kier molecular flexibility index (Phi) is 4.45. The Hall–Kier alpha value is -2.70. The van der Waals surface area contributed by atoms with Gasteiger partial charge in [-0.25, -0.2) is 8.78 Å². The normalized spacial score (nSPS) is 17.3. The molecule has 0 N–H and O–H groups in total. The van der Waals surface area contributed by atoms with Crippen LogP contribution in [0.2, 0.25) is 0 Å². The van der Waals surface area contributed by atoms with Gasteiger partial charge in [-0.15, -0.1) is 0 Å². The lowest BCUT2D eigenvalue weighted by molar-refractivity contribution is -0.126. The number of Topliss-reactive ketones (excluding diaryl/α,β-unsaturated/α-hetero) is 1. The highest BCUT2D eigenvalue weighted by Crippen LogP contribution is 2.36. The number of aromatic nitrogens is 4. The molecule has 0 radical (unpaired) electrons. The molecule has 0 spiro atoms. The van der Waals surface area contributed by atoms with Crippen molar-refractivity contribution >= 4 is 16.7 Å². The predicted molar refractivity (Wildman–Crippen MR) is 97.4 cm³/mol. The first-order valence-electron chi connectivity index (χ1n) is 9.04. The van der Waals surface area contributed by atoms with Crippen LogP contribution in [-0.2, 0) is 18.3 Å². The van der Waals surface area contributed by atoms with Crippen molar-refractivity contribution in [3.8, 4) is 11.1 Å². The van der Waals surface area contributed by atoms with Crippen LogP contribution in [0.4, 0.5) is 8.78 Å². The largest absolute Gasteiger partial charge is 0.299 e. The smallest absolute Gasteiger partial charge is 0.248 e. The van der Waals surface area contributed by atoms with Gasteiger partial charge in [0.1, 0.15) is 5.78 Å². The Morgan fingerprint density at radius 2 is 1.93 bits per heavy atom. The Morgan fingerprint density at radius 1 is 1.15 bits per heavy atom. The molecule has 0 atom stereocenters. The van der Waals surface area contributed by atoms with Gasteiger partial charge in [0.15, 0.2) is 0 Å². The number of hydrogen-bond donors (Lipinski definition) is 0. The summed E-state index contributed by atoms with van der Waals surface area (Å²) < 4.78 is 28.3. The summed E-state index contributed by atoms with van der Waals surface area (Å²) in [6.45, 7) is 0. The number of fused-ring (bicyclic) bond motifs is 1. The second-order valence-electron chi connectivity index (χ2n) is 7.27. The molecule has 7 heteroatoms. The second-order valence-corrected chi connectivity index (χ2v) is 7.27. The molecule has 1 saturated carbocycles. The van der Waals surface area contributed by atoms with Crippen LogP contribution >= 0.6 is 0 Å². The predicted octanol–water partition coefficient (Wildman–Crippen LogP) is 3.97. The Labute approximate surface area is 155 Å². The first-order valence-corrected chi connectivity index (χ1v) is 9.04. The number of ketones is 1. The zero-order valence-electron chi connectivity index (χ0n) is 15.0. The maximum absolute atomic E-state index is 13.3. The molecule has 1 aliphatic carbocycles. The van der Waals surface area contributed by atoms with Gasteiger partial charge in [-0.1, -0.05) is 0 Å². The minimum atomic E-state index is -2.62. The standard InChI is InChI=1S/C20H20F2N4O/c1-26-12-16(10-25-26)15-6-14-7-17(23-11-18(14)24-9-15)8-19(27)13-2-4-20(21,22)5-3-13/h6-7,9-13H,2-5,8H2,1H3. The summed E-state index contributed by atoms with van der Waals surface area (Å²) in [5, 5.41) is 5.06. The van der Waals surface area contributed by atoms with E-state index in [4.69, 9.17) is 0 Å². The number of pyridine rings is 2. The molecule has 0 aliphatic heterocycles. The van der Waals surface area contributed by atoms with E-state index >= 15 is 0 Å². The van der Waals surface area contributed by atoms with E-state index in [1.165, 1.54) is 0 Å². The fourth-order valence-electron chi connectivity index (χ4n) is 3.59. The third-order valence-electron chi connectivity index (χ3n) is 5.19. The Morgan fingerprint density at radius 3 is 2.63 bits per heavy atom. The van der Waals surface area contributed by atoms with Crippen molar-refractivity contribution in [3.63, 3.8) is 0 Å². The number of halogens is 2. The Bertz CT molecular complexity index is 989. The molecule has 0 bridgehead atoms. The van der Waals surface area contributed by atoms with Gasteiger partial charge in [0.25, 0.3) is 0 Å². The number of carbonyl (C=O) groups is 1. The number of carbonyl (C=O) groups excluding carboxylic acids is 1.